The van der Waals surface area contributed by atoms with Gasteiger partial charge in [-0.2, -0.15) is 0 Å². The normalized spacial score (nSPS) is 20.6. The Bertz CT molecular complexity index is 1200. The monoisotopic (exact) mass is 531 g/mol. The standard InChI is InChI=1S/C27H31Cl2N3O2S/c1-17(2)23(31-25-30-22(15-35-25)20-7-5-6-8-21(20)29)24(33)32-14-13-27(34,26(3,4)16-32)18-9-11-19(28)12-10-18/h5-12,15,17,23,34H,13-14,16H2,1-4H3,(H,30,31)/t23-,27+/m1/s1. The summed E-state index contributed by atoms with van der Waals surface area (Å²) in [5.41, 5.74) is 0.881. The van der Waals surface area contributed by atoms with E-state index < -0.39 is 17.1 Å². The van der Waals surface area contributed by atoms with E-state index in [1.165, 1.54) is 11.3 Å². The summed E-state index contributed by atoms with van der Waals surface area (Å²) in [6.45, 7) is 8.98. The summed E-state index contributed by atoms with van der Waals surface area (Å²) in [6.07, 6.45) is 0.450. The molecule has 1 aliphatic rings. The van der Waals surface area contributed by atoms with Crippen LogP contribution in [0, 0.1) is 11.3 Å². The molecule has 8 heteroatoms. The molecule has 0 bridgehead atoms. The average molecular weight is 533 g/mol. The fourth-order valence-corrected chi connectivity index (χ4v) is 5.85. The van der Waals surface area contributed by atoms with E-state index in [4.69, 9.17) is 28.2 Å². The van der Waals surface area contributed by atoms with E-state index in [1.54, 1.807) is 12.1 Å². The molecule has 186 valence electrons. The van der Waals surface area contributed by atoms with Gasteiger partial charge in [0.05, 0.1) is 11.3 Å². The van der Waals surface area contributed by atoms with E-state index in [1.807, 2.05) is 74.4 Å². The van der Waals surface area contributed by atoms with Gasteiger partial charge in [0.1, 0.15) is 6.04 Å². The second kappa shape index (κ2) is 10.1. The number of benzene rings is 2. The van der Waals surface area contributed by atoms with Crippen molar-refractivity contribution in [2.45, 2.75) is 45.8 Å². The smallest absolute Gasteiger partial charge is 0.245 e. The van der Waals surface area contributed by atoms with Gasteiger partial charge in [0, 0.05) is 39.5 Å². The predicted molar refractivity (Wildman–Crippen MR) is 145 cm³/mol. The maximum atomic E-state index is 13.7. The summed E-state index contributed by atoms with van der Waals surface area (Å²) < 4.78 is 0. The molecule has 5 nitrogen and oxygen atoms in total. The van der Waals surface area contributed by atoms with Gasteiger partial charge in [0.2, 0.25) is 5.91 Å². The molecule has 1 amide bonds. The molecular weight excluding hydrogens is 501 g/mol. The van der Waals surface area contributed by atoms with E-state index in [2.05, 4.69) is 5.32 Å². The number of carbonyl (C=O) groups excluding carboxylic acids is 1. The van der Waals surface area contributed by atoms with Gasteiger partial charge in [0.15, 0.2) is 5.13 Å². The number of halogens is 2. The van der Waals surface area contributed by atoms with Crippen LogP contribution in [0.2, 0.25) is 10.0 Å². The highest BCUT2D eigenvalue weighted by molar-refractivity contribution is 7.14. The van der Waals surface area contributed by atoms with Gasteiger partial charge >= 0.3 is 0 Å². The molecule has 1 aliphatic heterocycles. The molecular formula is C27H31Cl2N3O2S. The van der Waals surface area contributed by atoms with Gasteiger partial charge in [-0.3, -0.25) is 4.79 Å². The molecule has 2 N–H and O–H groups in total. The summed E-state index contributed by atoms with van der Waals surface area (Å²) in [5.74, 6) is 0.0658. The van der Waals surface area contributed by atoms with E-state index in [0.717, 1.165) is 16.8 Å². The molecule has 2 aromatic carbocycles. The van der Waals surface area contributed by atoms with Crippen molar-refractivity contribution in [3.63, 3.8) is 0 Å². The van der Waals surface area contributed by atoms with Gasteiger partial charge in [-0.05, 0) is 36.1 Å². The van der Waals surface area contributed by atoms with Crippen LogP contribution in [-0.4, -0.2) is 40.0 Å². The molecule has 4 rings (SSSR count). The molecule has 0 aliphatic carbocycles. The Hall–Kier alpha value is -2.12. The number of nitrogens with one attached hydrogen (secondary N) is 1. The molecule has 2 atom stereocenters. The minimum Gasteiger partial charge on any atom is -0.384 e. The molecule has 0 unspecified atom stereocenters. The lowest BCUT2D eigenvalue weighted by Gasteiger charge is -2.51. The highest BCUT2D eigenvalue weighted by atomic mass is 35.5. The van der Waals surface area contributed by atoms with E-state index in [-0.39, 0.29) is 11.8 Å². The first-order valence-electron chi connectivity index (χ1n) is 11.8. The highest BCUT2D eigenvalue weighted by Crippen LogP contribution is 2.46. The number of amides is 1. The first kappa shape index (κ1) is 26.0. The second-order valence-corrected chi connectivity index (χ2v) is 11.8. The lowest BCUT2D eigenvalue weighted by molar-refractivity contribution is -0.154. The highest BCUT2D eigenvalue weighted by Gasteiger charge is 2.50. The van der Waals surface area contributed by atoms with Crippen LogP contribution in [0.3, 0.4) is 0 Å². The SMILES string of the molecule is CC(C)[C@@H](Nc1nc(-c2ccccc2Cl)cs1)C(=O)N1CC[C@](O)(c2ccc(Cl)cc2)C(C)(C)C1. The van der Waals surface area contributed by atoms with Crippen LogP contribution in [0.4, 0.5) is 5.13 Å². The molecule has 1 fully saturated rings. The largest absolute Gasteiger partial charge is 0.384 e. The third kappa shape index (κ3) is 5.21. The number of nitrogens with zero attached hydrogens (tertiary/aromatic N) is 2. The second-order valence-electron chi connectivity index (χ2n) is 10.1. The molecule has 0 saturated carbocycles. The van der Waals surface area contributed by atoms with Gasteiger partial charge in [-0.1, -0.05) is 81.2 Å². The van der Waals surface area contributed by atoms with Crippen molar-refractivity contribution in [3.8, 4) is 11.3 Å². The summed E-state index contributed by atoms with van der Waals surface area (Å²) in [5, 5.41) is 18.9. The average Bonchev–Trinajstić information content (AvgIpc) is 3.28. The Morgan fingerprint density at radius 1 is 1.14 bits per heavy atom. The first-order valence-corrected chi connectivity index (χ1v) is 13.4. The molecule has 0 radical (unpaired) electrons. The van der Waals surface area contributed by atoms with Gasteiger partial charge in [-0.15, -0.1) is 11.3 Å². The Balaban J connectivity index is 1.51. The predicted octanol–water partition coefficient (Wildman–Crippen LogP) is 6.70. The van der Waals surface area contributed by atoms with Crippen molar-refractivity contribution in [1.82, 2.24) is 9.88 Å². The molecule has 1 aromatic heterocycles. The van der Waals surface area contributed by atoms with Crippen molar-refractivity contribution in [3.05, 3.63) is 69.5 Å². The summed E-state index contributed by atoms with van der Waals surface area (Å²) in [7, 11) is 0. The third-order valence-electron chi connectivity index (χ3n) is 6.95. The Morgan fingerprint density at radius 2 is 1.83 bits per heavy atom. The number of aromatic nitrogens is 1. The van der Waals surface area contributed by atoms with Crippen molar-refractivity contribution >= 4 is 45.6 Å². The molecule has 3 aromatic rings. The van der Waals surface area contributed by atoms with E-state index in [0.29, 0.717) is 34.7 Å². The van der Waals surface area contributed by atoms with Crippen molar-refractivity contribution in [1.29, 1.82) is 0 Å². The van der Waals surface area contributed by atoms with Crippen molar-refractivity contribution in [2.24, 2.45) is 11.3 Å². The van der Waals surface area contributed by atoms with Crippen LogP contribution in [0.25, 0.3) is 11.3 Å². The minimum atomic E-state index is -1.05. The number of likely N-dealkylation sites (tertiary alicyclic amines) is 1. The Labute approximate surface area is 221 Å². The van der Waals surface area contributed by atoms with Crippen LogP contribution in [0.1, 0.15) is 39.7 Å². The van der Waals surface area contributed by atoms with Gasteiger partial charge < -0.3 is 15.3 Å². The number of anilines is 1. The molecule has 1 saturated heterocycles. The molecule has 2 heterocycles. The Kier molecular flexibility index (Phi) is 7.49. The number of thiazole rings is 1. The van der Waals surface area contributed by atoms with E-state index >= 15 is 0 Å². The maximum Gasteiger partial charge on any atom is 0.245 e. The van der Waals surface area contributed by atoms with Crippen molar-refractivity contribution < 1.29 is 9.90 Å². The van der Waals surface area contributed by atoms with Crippen LogP contribution in [-0.2, 0) is 10.4 Å². The number of carbonyl (C=O) groups is 1. The summed E-state index contributed by atoms with van der Waals surface area (Å²) >= 11 is 13.8. The molecule has 35 heavy (non-hydrogen) atoms. The molecule has 0 spiro atoms. The van der Waals surface area contributed by atoms with E-state index in [9.17, 15) is 9.90 Å². The van der Waals surface area contributed by atoms with Crippen molar-refractivity contribution in [2.75, 3.05) is 18.4 Å². The van der Waals surface area contributed by atoms with Gasteiger partial charge in [-0.25, -0.2) is 4.98 Å². The fourth-order valence-electron chi connectivity index (χ4n) is 4.75. The quantitative estimate of drug-likeness (QED) is 0.371. The zero-order valence-electron chi connectivity index (χ0n) is 20.4. The lowest BCUT2D eigenvalue weighted by Crippen LogP contribution is -2.59. The lowest BCUT2D eigenvalue weighted by atomic mass is 9.66. The maximum absolute atomic E-state index is 13.7. The topological polar surface area (TPSA) is 65.5 Å². The van der Waals surface area contributed by atoms with Gasteiger partial charge in [0.25, 0.3) is 0 Å². The number of aliphatic hydroxyl groups is 1. The van der Waals surface area contributed by atoms with Crippen LogP contribution in [0.5, 0.6) is 0 Å². The number of piperidine rings is 1. The summed E-state index contributed by atoms with van der Waals surface area (Å²) in [6, 6.07) is 14.5. The third-order valence-corrected chi connectivity index (χ3v) is 8.30. The number of hydrogen-bond acceptors (Lipinski definition) is 5. The number of hydrogen-bond donors (Lipinski definition) is 2. The number of rotatable bonds is 6. The van der Waals surface area contributed by atoms with Crippen LogP contribution >= 0.6 is 34.5 Å². The fraction of sp³-hybridized carbons (Fsp3) is 0.407. The van der Waals surface area contributed by atoms with Crippen LogP contribution < -0.4 is 5.32 Å². The zero-order valence-corrected chi connectivity index (χ0v) is 22.7. The Morgan fingerprint density at radius 3 is 2.46 bits per heavy atom. The first-order chi connectivity index (χ1) is 16.5. The summed E-state index contributed by atoms with van der Waals surface area (Å²) in [4.78, 5) is 20.2. The minimum absolute atomic E-state index is 0.0146. The van der Waals surface area contributed by atoms with Crippen LogP contribution in [0.15, 0.2) is 53.9 Å². The zero-order chi connectivity index (χ0) is 25.4.